The average molecular weight is 454 g/mol. The molecule has 0 N–H and O–H groups in total. The van der Waals surface area contributed by atoms with E-state index in [1.54, 1.807) is 6.07 Å². The highest BCUT2D eigenvalue weighted by atomic mass is 19.2. The van der Waals surface area contributed by atoms with Crippen LogP contribution in [0.1, 0.15) is 38.2 Å². The fraction of sp³-hybridized carbons (Fsp3) is 0.214. The minimum atomic E-state index is -1.68. The Kier molecular flexibility index (Phi) is 6.77. The van der Waals surface area contributed by atoms with Crippen LogP contribution >= 0.6 is 0 Å². The molecule has 0 aliphatic rings. The molecular weight excluding hydrogens is 431 g/mol. The molecule has 4 aromatic carbocycles. The van der Waals surface area contributed by atoms with Crippen molar-refractivity contribution >= 4 is 10.8 Å². The Labute approximate surface area is 189 Å². The van der Waals surface area contributed by atoms with Crippen LogP contribution in [0.5, 0.6) is 0 Å². The zero-order valence-corrected chi connectivity index (χ0v) is 18.2. The van der Waals surface area contributed by atoms with E-state index in [0.29, 0.717) is 23.3 Å². The van der Waals surface area contributed by atoms with Crippen molar-refractivity contribution in [1.82, 2.24) is 0 Å². The molecule has 0 aliphatic carbocycles. The van der Waals surface area contributed by atoms with Crippen LogP contribution in [-0.4, -0.2) is 0 Å². The Morgan fingerprint density at radius 2 is 1.15 bits per heavy atom. The van der Waals surface area contributed by atoms with E-state index in [0.717, 1.165) is 35.7 Å². The summed E-state index contributed by atoms with van der Waals surface area (Å²) in [7, 11) is 0. The van der Waals surface area contributed by atoms with Gasteiger partial charge in [0.2, 0.25) is 0 Å². The van der Waals surface area contributed by atoms with Crippen molar-refractivity contribution in [2.45, 2.75) is 39.0 Å². The van der Waals surface area contributed by atoms with Gasteiger partial charge in [-0.25, -0.2) is 22.0 Å². The first-order valence-electron chi connectivity index (χ1n) is 11.0. The number of rotatable bonds is 7. The molecule has 0 aliphatic heterocycles. The van der Waals surface area contributed by atoms with Gasteiger partial charge >= 0.3 is 0 Å². The highest BCUT2D eigenvalue weighted by Gasteiger charge is 2.19. The lowest BCUT2D eigenvalue weighted by Gasteiger charge is -2.11. The minimum absolute atomic E-state index is 0.294. The summed E-state index contributed by atoms with van der Waals surface area (Å²) in [5.41, 5.74) is 1.15. The molecule has 0 atom stereocenters. The number of unbranched alkanes of at least 4 members (excludes halogenated alkanes) is 3. The molecule has 0 fully saturated rings. The molecule has 0 aromatic heterocycles. The Balaban J connectivity index is 1.64. The van der Waals surface area contributed by atoms with E-state index in [2.05, 4.69) is 19.1 Å². The molecule has 4 rings (SSSR count). The largest absolute Gasteiger partial charge is 0.206 e. The van der Waals surface area contributed by atoms with Crippen molar-refractivity contribution in [1.29, 1.82) is 0 Å². The molecule has 0 spiro atoms. The molecule has 0 heterocycles. The van der Waals surface area contributed by atoms with Gasteiger partial charge in [0.15, 0.2) is 17.5 Å². The van der Waals surface area contributed by atoms with E-state index in [1.165, 1.54) is 24.8 Å². The Bertz CT molecular complexity index is 1260. The summed E-state index contributed by atoms with van der Waals surface area (Å²) < 4.78 is 69.9. The van der Waals surface area contributed by atoms with Gasteiger partial charge in [-0.05, 0) is 76.2 Å². The van der Waals surface area contributed by atoms with Gasteiger partial charge in [-0.15, -0.1) is 0 Å². The van der Waals surface area contributed by atoms with E-state index < -0.39 is 40.2 Å². The second-order valence-electron chi connectivity index (χ2n) is 8.28. The molecule has 0 nitrogen and oxygen atoms in total. The van der Waals surface area contributed by atoms with Crippen molar-refractivity contribution in [2.75, 3.05) is 0 Å². The van der Waals surface area contributed by atoms with Crippen molar-refractivity contribution in [3.63, 3.8) is 0 Å². The van der Waals surface area contributed by atoms with Gasteiger partial charge < -0.3 is 0 Å². The summed E-state index contributed by atoms with van der Waals surface area (Å²) in [6, 6.07) is 15.1. The molecule has 0 unspecified atom stereocenters. The van der Waals surface area contributed by atoms with E-state index in [9.17, 15) is 22.0 Å². The van der Waals surface area contributed by atoms with E-state index >= 15 is 0 Å². The third kappa shape index (κ3) is 4.92. The van der Waals surface area contributed by atoms with Crippen molar-refractivity contribution in [3.8, 4) is 22.3 Å². The molecule has 0 saturated heterocycles. The maximum atomic E-state index is 14.8. The molecular formula is C28H23F5. The van der Waals surface area contributed by atoms with Crippen LogP contribution in [0, 0.1) is 29.1 Å². The first kappa shape index (κ1) is 23.0. The quantitative estimate of drug-likeness (QED) is 0.148. The zero-order chi connectivity index (χ0) is 23.5. The number of aryl methyl sites for hydroxylation is 1. The molecule has 33 heavy (non-hydrogen) atoms. The average Bonchev–Trinajstić information content (AvgIpc) is 2.79. The summed E-state index contributed by atoms with van der Waals surface area (Å²) >= 11 is 0. The Hall–Kier alpha value is -3.21. The van der Waals surface area contributed by atoms with E-state index in [-0.39, 0.29) is 0 Å². The predicted octanol–water partition coefficient (Wildman–Crippen LogP) is 8.99. The van der Waals surface area contributed by atoms with E-state index in [4.69, 9.17) is 0 Å². The third-order valence-corrected chi connectivity index (χ3v) is 5.87. The number of hydrogen-bond donors (Lipinski definition) is 0. The van der Waals surface area contributed by atoms with Crippen molar-refractivity contribution in [3.05, 3.63) is 95.3 Å². The van der Waals surface area contributed by atoms with Crippen LogP contribution in [0.2, 0.25) is 0 Å². The molecule has 5 heteroatoms. The summed E-state index contributed by atoms with van der Waals surface area (Å²) in [6.07, 6.45) is 5.79. The van der Waals surface area contributed by atoms with Crippen LogP contribution in [0.4, 0.5) is 22.0 Å². The minimum Gasteiger partial charge on any atom is -0.206 e. The second kappa shape index (κ2) is 9.74. The molecule has 0 saturated carbocycles. The first-order valence-corrected chi connectivity index (χ1v) is 11.0. The smallest absolute Gasteiger partial charge is 0.194 e. The molecule has 4 aromatic rings. The summed E-state index contributed by atoms with van der Waals surface area (Å²) in [4.78, 5) is 0. The highest BCUT2D eigenvalue weighted by Crippen LogP contribution is 2.33. The molecule has 0 radical (unpaired) electrons. The van der Waals surface area contributed by atoms with Crippen LogP contribution in [0.3, 0.4) is 0 Å². The zero-order valence-electron chi connectivity index (χ0n) is 18.2. The van der Waals surface area contributed by atoms with Crippen LogP contribution in [-0.2, 0) is 6.42 Å². The number of benzene rings is 4. The van der Waals surface area contributed by atoms with Gasteiger partial charge in [-0.1, -0.05) is 56.5 Å². The van der Waals surface area contributed by atoms with Crippen LogP contribution < -0.4 is 0 Å². The number of halogens is 5. The fourth-order valence-corrected chi connectivity index (χ4v) is 4.10. The number of hydrogen-bond acceptors (Lipinski definition) is 0. The molecule has 170 valence electrons. The van der Waals surface area contributed by atoms with Crippen molar-refractivity contribution in [2.24, 2.45) is 0 Å². The Morgan fingerprint density at radius 1 is 0.545 bits per heavy atom. The van der Waals surface area contributed by atoms with Gasteiger partial charge in [0, 0.05) is 0 Å². The number of fused-ring (bicyclic) bond motifs is 1. The summed E-state index contributed by atoms with van der Waals surface area (Å²) in [6.45, 7) is 2.18. The normalized spacial score (nSPS) is 11.3. The first-order chi connectivity index (χ1) is 15.9. The maximum absolute atomic E-state index is 14.8. The molecule has 0 amide bonds. The van der Waals surface area contributed by atoms with Crippen molar-refractivity contribution < 1.29 is 22.0 Å². The highest BCUT2D eigenvalue weighted by molar-refractivity contribution is 5.88. The lowest BCUT2D eigenvalue weighted by Crippen LogP contribution is -1.97. The standard InChI is InChI=1S/C28H23F5/c1-2-3-4-5-6-17-7-8-19-12-20(10-9-18(19)11-17)21-13-23(29)27(24(30)14-21)22-15-25(31)28(33)26(32)16-22/h7-16H,2-6H2,1H3. The predicted molar refractivity (Wildman–Crippen MR) is 122 cm³/mol. The summed E-state index contributed by atoms with van der Waals surface area (Å²) in [5.74, 6) is -6.67. The summed E-state index contributed by atoms with van der Waals surface area (Å²) in [5, 5.41) is 1.99. The lowest BCUT2D eigenvalue weighted by molar-refractivity contribution is 0.447. The second-order valence-corrected chi connectivity index (χ2v) is 8.28. The topological polar surface area (TPSA) is 0 Å². The van der Waals surface area contributed by atoms with E-state index in [1.807, 2.05) is 18.2 Å². The third-order valence-electron chi connectivity index (χ3n) is 5.87. The van der Waals surface area contributed by atoms with Gasteiger partial charge in [-0.2, -0.15) is 0 Å². The maximum Gasteiger partial charge on any atom is 0.194 e. The van der Waals surface area contributed by atoms with Gasteiger partial charge in [0.05, 0.1) is 5.56 Å². The van der Waals surface area contributed by atoms with Crippen LogP contribution in [0.15, 0.2) is 60.7 Å². The van der Waals surface area contributed by atoms with Gasteiger partial charge in [0.1, 0.15) is 11.6 Å². The van der Waals surface area contributed by atoms with Gasteiger partial charge in [0.25, 0.3) is 0 Å². The Morgan fingerprint density at radius 3 is 1.82 bits per heavy atom. The monoisotopic (exact) mass is 454 g/mol. The lowest BCUT2D eigenvalue weighted by atomic mass is 9.96. The van der Waals surface area contributed by atoms with Crippen LogP contribution in [0.25, 0.3) is 33.0 Å². The fourth-order valence-electron chi connectivity index (χ4n) is 4.10. The molecule has 0 bridgehead atoms. The SMILES string of the molecule is CCCCCCc1ccc2cc(-c3cc(F)c(-c4cc(F)c(F)c(F)c4)c(F)c3)ccc2c1. The van der Waals surface area contributed by atoms with Gasteiger partial charge in [-0.3, -0.25) is 0 Å².